The van der Waals surface area contributed by atoms with E-state index in [1.807, 2.05) is 12.1 Å². The number of aryl methyl sites for hydroxylation is 1. The van der Waals surface area contributed by atoms with Crippen molar-refractivity contribution in [3.63, 3.8) is 0 Å². The molecule has 148 valence electrons. The number of carbonyl (C=O) groups is 2. The summed E-state index contributed by atoms with van der Waals surface area (Å²) >= 11 is 0. The molecule has 1 aromatic heterocycles. The van der Waals surface area contributed by atoms with E-state index in [0.29, 0.717) is 35.3 Å². The van der Waals surface area contributed by atoms with Crippen molar-refractivity contribution in [3.05, 3.63) is 65.3 Å². The lowest BCUT2D eigenvalue weighted by atomic mass is 10.1. The van der Waals surface area contributed by atoms with Gasteiger partial charge in [-0.3, -0.25) is 9.59 Å². The molecule has 1 aliphatic heterocycles. The number of hydrogen-bond donors (Lipinski definition) is 1. The number of hydrogen-bond acceptors (Lipinski definition) is 6. The molecular formula is C21H20N4O4. The topological polar surface area (TPSA) is 97.6 Å². The van der Waals surface area contributed by atoms with Crippen molar-refractivity contribution in [2.45, 2.75) is 26.9 Å². The summed E-state index contributed by atoms with van der Waals surface area (Å²) in [6, 6.07) is 12.5. The Bertz CT molecular complexity index is 1080. The Labute approximate surface area is 167 Å². The number of ether oxygens (including phenoxy) is 1. The molecule has 0 spiro atoms. The van der Waals surface area contributed by atoms with Crippen LogP contribution >= 0.6 is 0 Å². The van der Waals surface area contributed by atoms with Gasteiger partial charge in [-0.2, -0.15) is 4.98 Å². The van der Waals surface area contributed by atoms with E-state index in [0.717, 1.165) is 17.7 Å². The number of para-hydroxylation sites is 1. The van der Waals surface area contributed by atoms with Gasteiger partial charge >= 0.3 is 0 Å². The lowest BCUT2D eigenvalue weighted by Crippen LogP contribution is -2.25. The summed E-state index contributed by atoms with van der Waals surface area (Å²) in [4.78, 5) is 30.3. The zero-order valence-electron chi connectivity index (χ0n) is 16.1. The minimum Gasteiger partial charge on any atom is -0.485 e. The van der Waals surface area contributed by atoms with Crippen LogP contribution in [0.5, 0.6) is 5.75 Å². The highest BCUT2D eigenvalue weighted by Gasteiger charge is 2.22. The number of rotatable bonds is 5. The quantitative estimate of drug-likeness (QED) is 0.716. The molecule has 8 nitrogen and oxygen atoms in total. The normalized spacial score (nSPS) is 12.6. The third kappa shape index (κ3) is 3.96. The molecule has 0 unspecified atom stereocenters. The summed E-state index contributed by atoms with van der Waals surface area (Å²) < 4.78 is 10.6. The van der Waals surface area contributed by atoms with Crippen LogP contribution in [0.2, 0.25) is 0 Å². The molecular weight excluding hydrogens is 372 g/mol. The lowest BCUT2D eigenvalue weighted by Gasteiger charge is -2.15. The fourth-order valence-corrected chi connectivity index (χ4v) is 3.33. The standard InChI is InChI=1S/C21H20N4O4/c1-13-22-20(24-29-13)12-28-19-6-4-3-5-17(19)21(27)23-16-7-8-18-15(11-16)9-10-25(18)14(2)26/h3-8,11H,9-10,12H2,1-2H3,(H,23,27). The maximum atomic E-state index is 12.8. The minimum absolute atomic E-state index is 0.0170. The Balaban J connectivity index is 1.48. The molecule has 3 aromatic rings. The highest BCUT2D eigenvalue weighted by Crippen LogP contribution is 2.31. The second-order valence-corrected chi connectivity index (χ2v) is 6.73. The van der Waals surface area contributed by atoms with Crippen molar-refractivity contribution in [1.82, 2.24) is 10.1 Å². The van der Waals surface area contributed by atoms with Crippen LogP contribution in [0.1, 0.15) is 34.6 Å². The van der Waals surface area contributed by atoms with Gasteiger partial charge in [0.05, 0.1) is 5.56 Å². The molecule has 8 heteroatoms. The van der Waals surface area contributed by atoms with Crippen LogP contribution < -0.4 is 15.0 Å². The van der Waals surface area contributed by atoms with Crippen molar-refractivity contribution in [1.29, 1.82) is 0 Å². The summed E-state index contributed by atoms with van der Waals surface area (Å²) in [6.07, 6.45) is 0.766. The zero-order valence-corrected chi connectivity index (χ0v) is 16.1. The van der Waals surface area contributed by atoms with E-state index in [9.17, 15) is 9.59 Å². The van der Waals surface area contributed by atoms with Gasteiger partial charge in [-0.25, -0.2) is 0 Å². The maximum Gasteiger partial charge on any atom is 0.259 e. The summed E-state index contributed by atoms with van der Waals surface area (Å²) in [6.45, 7) is 4.01. The average Bonchev–Trinajstić information content (AvgIpc) is 3.32. The van der Waals surface area contributed by atoms with E-state index in [1.165, 1.54) is 0 Å². The van der Waals surface area contributed by atoms with Crippen LogP contribution in [0.15, 0.2) is 47.0 Å². The van der Waals surface area contributed by atoms with Crippen LogP contribution in [0.4, 0.5) is 11.4 Å². The van der Waals surface area contributed by atoms with Gasteiger partial charge in [-0.1, -0.05) is 17.3 Å². The van der Waals surface area contributed by atoms with Gasteiger partial charge in [0.2, 0.25) is 17.6 Å². The Morgan fingerprint density at radius 1 is 1.24 bits per heavy atom. The first-order chi connectivity index (χ1) is 14.0. The summed E-state index contributed by atoms with van der Waals surface area (Å²) in [7, 11) is 0. The summed E-state index contributed by atoms with van der Waals surface area (Å²) in [5.41, 5.74) is 3.01. The molecule has 4 rings (SSSR count). The first-order valence-corrected chi connectivity index (χ1v) is 9.24. The Morgan fingerprint density at radius 3 is 2.83 bits per heavy atom. The number of carbonyl (C=O) groups excluding carboxylic acids is 2. The second kappa shape index (κ2) is 7.75. The molecule has 0 bridgehead atoms. The van der Waals surface area contributed by atoms with Gasteiger partial charge in [0, 0.05) is 31.8 Å². The third-order valence-corrected chi connectivity index (χ3v) is 4.67. The number of fused-ring (bicyclic) bond motifs is 1. The predicted octanol–water partition coefficient (Wildman–Crippen LogP) is 3.12. The second-order valence-electron chi connectivity index (χ2n) is 6.73. The van der Waals surface area contributed by atoms with Gasteiger partial charge in [0.15, 0.2) is 6.61 Å². The number of nitrogens with zero attached hydrogens (tertiary/aromatic N) is 3. The van der Waals surface area contributed by atoms with E-state index in [1.54, 1.807) is 49.1 Å². The average molecular weight is 392 g/mol. The molecule has 0 radical (unpaired) electrons. The smallest absolute Gasteiger partial charge is 0.259 e. The maximum absolute atomic E-state index is 12.8. The highest BCUT2D eigenvalue weighted by molar-refractivity contribution is 6.06. The van der Waals surface area contributed by atoms with Gasteiger partial charge in [0.25, 0.3) is 5.91 Å². The summed E-state index contributed by atoms with van der Waals surface area (Å²) in [5.74, 6) is 1.02. The van der Waals surface area contributed by atoms with E-state index < -0.39 is 0 Å². The molecule has 1 N–H and O–H groups in total. The first kappa shape index (κ1) is 18.7. The fourth-order valence-electron chi connectivity index (χ4n) is 3.33. The number of nitrogens with one attached hydrogen (secondary N) is 1. The molecule has 29 heavy (non-hydrogen) atoms. The lowest BCUT2D eigenvalue weighted by molar-refractivity contribution is -0.116. The molecule has 0 saturated carbocycles. The van der Waals surface area contributed by atoms with Crippen LogP contribution in [-0.2, 0) is 17.8 Å². The number of aromatic nitrogens is 2. The van der Waals surface area contributed by atoms with Gasteiger partial charge in [-0.15, -0.1) is 0 Å². The van der Waals surface area contributed by atoms with Crippen molar-refractivity contribution in [2.75, 3.05) is 16.8 Å². The van der Waals surface area contributed by atoms with E-state index in [2.05, 4.69) is 15.5 Å². The molecule has 1 aliphatic rings. The van der Waals surface area contributed by atoms with Crippen LogP contribution in [0, 0.1) is 6.92 Å². The Hall–Kier alpha value is -3.68. The molecule has 2 heterocycles. The largest absolute Gasteiger partial charge is 0.485 e. The van der Waals surface area contributed by atoms with Gasteiger partial charge in [-0.05, 0) is 42.3 Å². The van der Waals surface area contributed by atoms with E-state index in [4.69, 9.17) is 9.26 Å². The van der Waals surface area contributed by atoms with Crippen LogP contribution in [-0.4, -0.2) is 28.5 Å². The molecule has 2 aromatic carbocycles. The molecule has 0 aliphatic carbocycles. The SMILES string of the molecule is CC(=O)N1CCc2cc(NC(=O)c3ccccc3OCc3noc(C)n3)ccc21. The van der Waals surface area contributed by atoms with Crippen LogP contribution in [0.3, 0.4) is 0 Å². The predicted molar refractivity (Wildman–Crippen MR) is 106 cm³/mol. The molecule has 2 amide bonds. The molecule has 0 fully saturated rings. The zero-order chi connectivity index (χ0) is 20.4. The Kier molecular flexibility index (Phi) is 4.99. The number of benzene rings is 2. The van der Waals surface area contributed by atoms with Gasteiger partial charge < -0.3 is 19.5 Å². The number of amides is 2. The number of anilines is 2. The third-order valence-electron chi connectivity index (χ3n) is 4.67. The fraction of sp³-hybridized carbons (Fsp3) is 0.238. The minimum atomic E-state index is -0.286. The van der Waals surface area contributed by atoms with Crippen molar-refractivity contribution < 1.29 is 18.8 Å². The summed E-state index contributed by atoms with van der Waals surface area (Å²) in [5, 5.41) is 6.69. The van der Waals surface area contributed by atoms with E-state index in [-0.39, 0.29) is 18.4 Å². The highest BCUT2D eigenvalue weighted by atomic mass is 16.5. The first-order valence-electron chi connectivity index (χ1n) is 9.24. The molecule has 0 saturated heterocycles. The van der Waals surface area contributed by atoms with Crippen molar-refractivity contribution in [3.8, 4) is 5.75 Å². The van der Waals surface area contributed by atoms with E-state index >= 15 is 0 Å². The van der Waals surface area contributed by atoms with Crippen molar-refractivity contribution in [2.24, 2.45) is 0 Å². The van der Waals surface area contributed by atoms with Crippen LogP contribution in [0.25, 0.3) is 0 Å². The Morgan fingerprint density at radius 2 is 2.07 bits per heavy atom. The molecule has 0 atom stereocenters. The van der Waals surface area contributed by atoms with Gasteiger partial charge in [0.1, 0.15) is 5.75 Å². The monoisotopic (exact) mass is 392 g/mol. The van der Waals surface area contributed by atoms with Crippen molar-refractivity contribution >= 4 is 23.2 Å².